The molecule has 0 bridgehead atoms. The van der Waals surface area contributed by atoms with Crippen LogP contribution in [0, 0.1) is 6.92 Å². The molecular weight excluding hydrogens is 214 g/mol. The lowest BCUT2D eigenvalue weighted by Gasteiger charge is -2.21. The predicted molar refractivity (Wildman–Crippen MR) is 66.0 cm³/mol. The van der Waals surface area contributed by atoms with Gasteiger partial charge in [0.15, 0.2) is 10.2 Å². The van der Waals surface area contributed by atoms with E-state index < -0.39 is 0 Å². The van der Waals surface area contributed by atoms with E-state index in [1.165, 1.54) is 0 Å². The smallest absolute Gasteiger partial charge is 0.189 e. The van der Waals surface area contributed by atoms with E-state index in [4.69, 9.17) is 12.2 Å². The van der Waals surface area contributed by atoms with Crippen molar-refractivity contribution in [1.82, 2.24) is 9.88 Å². The summed E-state index contributed by atoms with van der Waals surface area (Å²) >= 11 is 6.83. The fourth-order valence-electron chi connectivity index (χ4n) is 1.09. The Morgan fingerprint density at radius 3 is 2.64 bits per heavy atom. The molecule has 0 saturated carbocycles. The molecule has 0 aromatic carbocycles. The highest BCUT2D eigenvalue weighted by Crippen LogP contribution is 2.14. The SMILES string of the molecule is CCN(CC)C(=S)Nc1nc(C)cs1. The maximum Gasteiger partial charge on any atom is 0.189 e. The van der Waals surface area contributed by atoms with Crippen LogP contribution in [0.25, 0.3) is 0 Å². The number of hydrogen-bond acceptors (Lipinski definition) is 3. The monoisotopic (exact) mass is 229 g/mol. The number of aryl methyl sites for hydroxylation is 1. The average molecular weight is 229 g/mol. The number of thiocarbonyl (C=S) groups is 1. The molecular formula is C9H15N3S2. The maximum absolute atomic E-state index is 5.25. The summed E-state index contributed by atoms with van der Waals surface area (Å²) in [6.07, 6.45) is 0. The Morgan fingerprint density at radius 1 is 1.57 bits per heavy atom. The normalized spacial score (nSPS) is 9.93. The lowest BCUT2D eigenvalue weighted by molar-refractivity contribution is 0.473. The minimum atomic E-state index is 0.754. The largest absolute Gasteiger partial charge is 0.350 e. The molecule has 0 radical (unpaired) electrons. The standard InChI is InChI=1S/C9H15N3S2/c1-4-12(5-2)9(13)11-8-10-7(3)6-14-8/h6H,4-5H2,1-3H3,(H,10,11,13). The third-order valence-electron chi connectivity index (χ3n) is 1.88. The molecule has 1 aromatic heterocycles. The number of thiazole rings is 1. The molecule has 3 nitrogen and oxygen atoms in total. The van der Waals surface area contributed by atoms with Gasteiger partial charge in [-0.1, -0.05) is 0 Å². The van der Waals surface area contributed by atoms with Crippen molar-refractivity contribution < 1.29 is 0 Å². The van der Waals surface area contributed by atoms with Crippen molar-refractivity contribution in [1.29, 1.82) is 0 Å². The molecule has 0 aliphatic carbocycles. The van der Waals surface area contributed by atoms with Gasteiger partial charge >= 0.3 is 0 Å². The van der Waals surface area contributed by atoms with E-state index >= 15 is 0 Å². The van der Waals surface area contributed by atoms with Crippen molar-refractivity contribution in [2.45, 2.75) is 20.8 Å². The molecule has 0 fully saturated rings. The summed E-state index contributed by atoms with van der Waals surface area (Å²) in [6.45, 7) is 8.00. The summed E-state index contributed by atoms with van der Waals surface area (Å²) in [5.41, 5.74) is 1.03. The number of rotatable bonds is 3. The van der Waals surface area contributed by atoms with E-state index in [0.29, 0.717) is 0 Å². The molecule has 14 heavy (non-hydrogen) atoms. The van der Waals surface area contributed by atoms with E-state index in [0.717, 1.165) is 29.0 Å². The second-order valence-corrected chi connectivity index (χ2v) is 4.14. The Hall–Kier alpha value is -0.680. The summed E-state index contributed by atoms with van der Waals surface area (Å²) in [5.74, 6) is 0. The number of hydrogen-bond donors (Lipinski definition) is 1. The third-order valence-corrected chi connectivity index (χ3v) is 3.12. The number of anilines is 1. The summed E-state index contributed by atoms with van der Waals surface area (Å²) in [5, 5.41) is 6.77. The molecule has 1 rings (SSSR count). The number of nitrogens with zero attached hydrogens (tertiary/aromatic N) is 2. The van der Waals surface area contributed by atoms with Crippen LogP contribution in [0.3, 0.4) is 0 Å². The van der Waals surface area contributed by atoms with E-state index in [-0.39, 0.29) is 0 Å². The van der Waals surface area contributed by atoms with Gasteiger partial charge in [0.05, 0.1) is 5.69 Å². The minimum absolute atomic E-state index is 0.754. The van der Waals surface area contributed by atoms with Gasteiger partial charge in [0.2, 0.25) is 0 Å². The molecule has 78 valence electrons. The quantitative estimate of drug-likeness (QED) is 0.806. The Bertz CT molecular complexity index is 305. The zero-order chi connectivity index (χ0) is 10.6. The molecule has 5 heteroatoms. The second kappa shape index (κ2) is 5.26. The molecule has 0 amide bonds. The van der Waals surface area contributed by atoms with Crippen molar-refractivity contribution in [3.8, 4) is 0 Å². The zero-order valence-corrected chi connectivity index (χ0v) is 10.3. The highest BCUT2D eigenvalue weighted by Gasteiger charge is 2.06. The van der Waals surface area contributed by atoms with Crippen LogP contribution in [0.15, 0.2) is 5.38 Å². The van der Waals surface area contributed by atoms with Crippen LogP contribution in [0.2, 0.25) is 0 Å². The molecule has 0 atom stereocenters. The molecule has 0 aliphatic heterocycles. The van der Waals surface area contributed by atoms with Crippen LogP contribution in [0.5, 0.6) is 0 Å². The van der Waals surface area contributed by atoms with Gasteiger partial charge in [-0.3, -0.25) is 0 Å². The lowest BCUT2D eigenvalue weighted by atomic mass is 10.5. The maximum atomic E-state index is 5.25. The van der Waals surface area contributed by atoms with Crippen molar-refractivity contribution in [2.24, 2.45) is 0 Å². The van der Waals surface area contributed by atoms with Gasteiger partial charge < -0.3 is 10.2 Å². The summed E-state index contributed by atoms with van der Waals surface area (Å²) in [7, 11) is 0. The van der Waals surface area contributed by atoms with Crippen LogP contribution in [-0.4, -0.2) is 28.1 Å². The van der Waals surface area contributed by atoms with E-state index in [1.54, 1.807) is 11.3 Å². The zero-order valence-electron chi connectivity index (χ0n) is 8.70. The van der Waals surface area contributed by atoms with Crippen molar-refractivity contribution in [2.75, 3.05) is 18.4 Å². The molecule has 1 heterocycles. The van der Waals surface area contributed by atoms with Crippen LogP contribution >= 0.6 is 23.6 Å². The molecule has 0 saturated heterocycles. The first kappa shape index (κ1) is 11.4. The topological polar surface area (TPSA) is 28.2 Å². The molecule has 0 aliphatic rings. The molecule has 1 N–H and O–H groups in total. The second-order valence-electron chi connectivity index (χ2n) is 2.90. The Labute approximate surface area is 94.1 Å². The van der Waals surface area contributed by atoms with E-state index in [1.807, 2.05) is 12.3 Å². The van der Waals surface area contributed by atoms with Gasteiger partial charge in [-0.25, -0.2) is 4.98 Å². The fraction of sp³-hybridized carbons (Fsp3) is 0.556. The van der Waals surface area contributed by atoms with Crippen molar-refractivity contribution in [3.63, 3.8) is 0 Å². The number of aromatic nitrogens is 1. The Morgan fingerprint density at radius 2 is 2.21 bits per heavy atom. The molecule has 1 aromatic rings. The van der Waals surface area contributed by atoms with E-state index in [2.05, 4.69) is 29.0 Å². The first-order chi connectivity index (χ1) is 6.67. The van der Waals surface area contributed by atoms with Crippen LogP contribution in [0.1, 0.15) is 19.5 Å². The Kier molecular flexibility index (Phi) is 4.28. The lowest BCUT2D eigenvalue weighted by Crippen LogP contribution is -2.34. The molecule has 0 spiro atoms. The number of nitrogens with one attached hydrogen (secondary N) is 1. The van der Waals surface area contributed by atoms with Gasteiger partial charge in [-0.15, -0.1) is 11.3 Å². The highest BCUT2D eigenvalue weighted by molar-refractivity contribution is 7.80. The first-order valence-corrected chi connectivity index (χ1v) is 5.94. The van der Waals surface area contributed by atoms with Gasteiger partial charge in [0, 0.05) is 18.5 Å². The Balaban J connectivity index is 2.56. The first-order valence-electron chi connectivity index (χ1n) is 4.65. The van der Waals surface area contributed by atoms with Crippen molar-refractivity contribution in [3.05, 3.63) is 11.1 Å². The van der Waals surface area contributed by atoms with Crippen LogP contribution < -0.4 is 5.32 Å². The predicted octanol–water partition coefficient (Wildman–Crippen LogP) is 2.49. The van der Waals surface area contributed by atoms with Gasteiger partial charge in [0.1, 0.15) is 0 Å². The summed E-state index contributed by atoms with van der Waals surface area (Å²) in [6, 6.07) is 0. The van der Waals surface area contributed by atoms with Gasteiger partial charge in [0.25, 0.3) is 0 Å². The fourth-order valence-corrected chi connectivity index (χ4v) is 2.20. The minimum Gasteiger partial charge on any atom is -0.350 e. The van der Waals surface area contributed by atoms with Crippen LogP contribution in [0.4, 0.5) is 5.13 Å². The molecule has 0 unspecified atom stereocenters. The van der Waals surface area contributed by atoms with Gasteiger partial charge in [-0.05, 0) is 33.0 Å². The highest BCUT2D eigenvalue weighted by atomic mass is 32.1. The average Bonchev–Trinajstić information content (AvgIpc) is 2.53. The van der Waals surface area contributed by atoms with Crippen molar-refractivity contribution >= 4 is 33.8 Å². The third kappa shape index (κ3) is 2.92. The summed E-state index contributed by atoms with van der Waals surface area (Å²) < 4.78 is 0. The summed E-state index contributed by atoms with van der Waals surface area (Å²) in [4.78, 5) is 6.38. The van der Waals surface area contributed by atoms with Gasteiger partial charge in [-0.2, -0.15) is 0 Å². The van der Waals surface area contributed by atoms with Crippen LogP contribution in [-0.2, 0) is 0 Å². The van der Waals surface area contributed by atoms with E-state index in [9.17, 15) is 0 Å².